The minimum absolute atomic E-state index is 0.224. The number of aryl methyl sites for hydroxylation is 1. The Hall–Kier alpha value is -0.860. The highest BCUT2D eigenvalue weighted by atomic mass is 16.5. The maximum absolute atomic E-state index is 6.32. The van der Waals surface area contributed by atoms with E-state index < -0.39 is 0 Å². The van der Waals surface area contributed by atoms with Crippen LogP contribution in [0.25, 0.3) is 0 Å². The van der Waals surface area contributed by atoms with E-state index in [0.717, 1.165) is 19.7 Å². The van der Waals surface area contributed by atoms with E-state index in [2.05, 4.69) is 36.5 Å². The first kappa shape index (κ1) is 15.1. The number of nitrogens with one attached hydrogen (secondary N) is 1. The molecular formula is C19H29NO. The van der Waals surface area contributed by atoms with E-state index in [1.807, 2.05) is 0 Å². The van der Waals surface area contributed by atoms with Gasteiger partial charge in [0.2, 0.25) is 0 Å². The lowest BCUT2D eigenvalue weighted by Gasteiger charge is -2.35. The summed E-state index contributed by atoms with van der Waals surface area (Å²) in [7, 11) is 0. The minimum atomic E-state index is 0.224. The average Bonchev–Trinajstić information content (AvgIpc) is 2.72. The van der Waals surface area contributed by atoms with E-state index >= 15 is 0 Å². The Morgan fingerprint density at radius 3 is 2.62 bits per heavy atom. The van der Waals surface area contributed by atoms with Crippen molar-refractivity contribution in [3.05, 3.63) is 35.4 Å². The van der Waals surface area contributed by atoms with E-state index in [1.54, 1.807) is 0 Å². The molecule has 1 aromatic carbocycles. The van der Waals surface area contributed by atoms with Crippen LogP contribution < -0.4 is 5.32 Å². The molecule has 2 fully saturated rings. The summed E-state index contributed by atoms with van der Waals surface area (Å²) in [6.45, 7) is 5.25. The molecule has 1 unspecified atom stereocenters. The second kappa shape index (κ2) is 6.93. The van der Waals surface area contributed by atoms with Gasteiger partial charge in [-0.25, -0.2) is 0 Å². The Morgan fingerprint density at radius 2 is 1.90 bits per heavy atom. The molecule has 1 saturated heterocycles. The van der Waals surface area contributed by atoms with Gasteiger partial charge in [0.15, 0.2) is 0 Å². The Morgan fingerprint density at radius 1 is 1.14 bits per heavy atom. The molecule has 1 heterocycles. The number of rotatable bonds is 3. The predicted octanol–water partition coefficient (Wildman–Crippen LogP) is 4.25. The first-order valence-corrected chi connectivity index (χ1v) is 8.72. The van der Waals surface area contributed by atoms with Gasteiger partial charge < -0.3 is 10.1 Å². The van der Waals surface area contributed by atoms with Gasteiger partial charge in [-0.15, -0.1) is 0 Å². The maximum Gasteiger partial charge on any atom is 0.0949 e. The van der Waals surface area contributed by atoms with E-state index in [1.165, 1.54) is 56.1 Å². The van der Waals surface area contributed by atoms with Crippen LogP contribution in [0.4, 0.5) is 0 Å². The Bertz CT molecular complexity index is 433. The lowest BCUT2D eigenvalue weighted by molar-refractivity contribution is -0.00141. The van der Waals surface area contributed by atoms with Crippen molar-refractivity contribution in [1.29, 1.82) is 0 Å². The van der Waals surface area contributed by atoms with Crippen molar-refractivity contribution in [1.82, 2.24) is 5.32 Å². The van der Waals surface area contributed by atoms with E-state index in [4.69, 9.17) is 4.74 Å². The largest absolute Gasteiger partial charge is 0.372 e. The summed E-state index contributed by atoms with van der Waals surface area (Å²) in [5.41, 5.74) is 3.18. The molecular weight excluding hydrogens is 258 g/mol. The lowest BCUT2D eigenvalue weighted by Crippen LogP contribution is -2.37. The van der Waals surface area contributed by atoms with Gasteiger partial charge in [-0.3, -0.25) is 0 Å². The standard InChI is InChI=1S/C19H29NO/c1-2-6-16-7-9-17(10-8-16)18-13-20-14-19(15-21-18)11-4-3-5-12-19/h7-10,18,20H,2-6,11-15H2,1H3. The molecule has 0 aromatic heterocycles. The van der Waals surface area contributed by atoms with Crippen molar-refractivity contribution >= 4 is 0 Å². The third-order valence-corrected chi connectivity index (χ3v) is 5.22. The zero-order valence-corrected chi connectivity index (χ0v) is 13.4. The molecule has 2 aliphatic rings. The number of ether oxygens (including phenoxy) is 1. The highest BCUT2D eigenvalue weighted by Gasteiger charge is 2.35. The van der Waals surface area contributed by atoms with Gasteiger partial charge in [0.1, 0.15) is 0 Å². The smallest absolute Gasteiger partial charge is 0.0949 e. The second-order valence-electron chi connectivity index (χ2n) is 6.98. The molecule has 3 rings (SSSR count). The molecule has 1 N–H and O–H groups in total. The zero-order chi connectivity index (χ0) is 14.5. The van der Waals surface area contributed by atoms with Crippen LogP contribution in [0, 0.1) is 5.41 Å². The van der Waals surface area contributed by atoms with E-state index in [-0.39, 0.29) is 6.10 Å². The van der Waals surface area contributed by atoms with E-state index in [9.17, 15) is 0 Å². The fourth-order valence-electron chi connectivity index (χ4n) is 3.88. The van der Waals surface area contributed by atoms with Gasteiger partial charge in [0.05, 0.1) is 12.7 Å². The Balaban J connectivity index is 1.64. The summed E-state index contributed by atoms with van der Waals surface area (Å²) in [6.07, 6.45) is 9.44. The van der Waals surface area contributed by atoms with Crippen molar-refractivity contribution in [2.45, 2.75) is 58.0 Å². The first-order chi connectivity index (χ1) is 10.3. The first-order valence-electron chi connectivity index (χ1n) is 8.72. The molecule has 0 amide bonds. The molecule has 1 aliphatic carbocycles. The van der Waals surface area contributed by atoms with Crippen molar-refractivity contribution in [3.8, 4) is 0 Å². The molecule has 1 saturated carbocycles. The van der Waals surface area contributed by atoms with E-state index in [0.29, 0.717) is 5.41 Å². The predicted molar refractivity (Wildman–Crippen MR) is 87.5 cm³/mol. The third kappa shape index (κ3) is 3.67. The fraction of sp³-hybridized carbons (Fsp3) is 0.684. The summed E-state index contributed by atoms with van der Waals surface area (Å²) < 4.78 is 6.32. The van der Waals surface area contributed by atoms with Crippen LogP contribution >= 0.6 is 0 Å². The van der Waals surface area contributed by atoms with Crippen molar-refractivity contribution < 1.29 is 4.74 Å². The summed E-state index contributed by atoms with van der Waals surface area (Å²) in [4.78, 5) is 0. The molecule has 1 aliphatic heterocycles. The number of hydrogen-bond acceptors (Lipinski definition) is 2. The van der Waals surface area contributed by atoms with Crippen LogP contribution in [-0.4, -0.2) is 19.7 Å². The SMILES string of the molecule is CCCc1ccc(C2CNCC3(CCCCC3)CO2)cc1. The number of benzene rings is 1. The highest BCUT2D eigenvalue weighted by Crippen LogP contribution is 2.38. The summed E-state index contributed by atoms with van der Waals surface area (Å²) >= 11 is 0. The Kier molecular flexibility index (Phi) is 4.97. The quantitative estimate of drug-likeness (QED) is 0.897. The van der Waals surface area contributed by atoms with Crippen molar-refractivity contribution in [2.24, 2.45) is 5.41 Å². The van der Waals surface area contributed by atoms with Gasteiger partial charge in [0, 0.05) is 18.5 Å². The topological polar surface area (TPSA) is 21.3 Å². The monoisotopic (exact) mass is 287 g/mol. The molecule has 116 valence electrons. The second-order valence-corrected chi connectivity index (χ2v) is 6.98. The molecule has 21 heavy (non-hydrogen) atoms. The van der Waals surface area contributed by atoms with Gasteiger partial charge >= 0.3 is 0 Å². The highest BCUT2D eigenvalue weighted by molar-refractivity contribution is 5.25. The van der Waals surface area contributed by atoms with Gasteiger partial charge in [0.25, 0.3) is 0 Å². The van der Waals surface area contributed by atoms with Crippen LogP contribution in [0.5, 0.6) is 0 Å². The molecule has 0 bridgehead atoms. The molecule has 1 aromatic rings. The van der Waals surface area contributed by atoms with Gasteiger partial charge in [-0.05, 0) is 30.4 Å². The summed E-state index contributed by atoms with van der Waals surface area (Å²) in [6, 6.07) is 9.05. The van der Waals surface area contributed by atoms with Crippen LogP contribution in [0.3, 0.4) is 0 Å². The number of hydrogen-bond donors (Lipinski definition) is 1. The minimum Gasteiger partial charge on any atom is -0.372 e. The summed E-state index contributed by atoms with van der Waals surface area (Å²) in [5, 5.41) is 3.67. The molecule has 0 radical (unpaired) electrons. The van der Waals surface area contributed by atoms with Crippen LogP contribution in [0.1, 0.15) is 62.7 Å². The molecule has 1 atom stereocenters. The normalized spacial score (nSPS) is 25.7. The average molecular weight is 287 g/mol. The van der Waals surface area contributed by atoms with Gasteiger partial charge in [-0.2, -0.15) is 0 Å². The molecule has 1 spiro atoms. The third-order valence-electron chi connectivity index (χ3n) is 5.22. The Labute approximate surface area is 129 Å². The van der Waals surface area contributed by atoms with Crippen LogP contribution in [0.2, 0.25) is 0 Å². The molecule has 2 nitrogen and oxygen atoms in total. The lowest BCUT2D eigenvalue weighted by atomic mass is 9.74. The fourth-order valence-corrected chi connectivity index (χ4v) is 3.88. The zero-order valence-electron chi connectivity index (χ0n) is 13.4. The van der Waals surface area contributed by atoms with Crippen LogP contribution in [-0.2, 0) is 11.2 Å². The van der Waals surface area contributed by atoms with Crippen molar-refractivity contribution in [3.63, 3.8) is 0 Å². The molecule has 2 heteroatoms. The van der Waals surface area contributed by atoms with Crippen molar-refractivity contribution in [2.75, 3.05) is 19.7 Å². The summed E-state index contributed by atoms with van der Waals surface area (Å²) in [5.74, 6) is 0. The maximum atomic E-state index is 6.32. The van der Waals surface area contributed by atoms with Gasteiger partial charge in [-0.1, -0.05) is 56.9 Å². The van der Waals surface area contributed by atoms with Crippen LogP contribution in [0.15, 0.2) is 24.3 Å².